The Morgan fingerprint density at radius 1 is 1.31 bits per heavy atom. The van der Waals surface area contributed by atoms with E-state index in [2.05, 4.69) is 32.1 Å². The van der Waals surface area contributed by atoms with E-state index in [-0.39, 0.29) is 5.78 Å². The van der Waals surface area contributed by atoms with E-state index in [4.69, 9.17) is 0 Å². The molecular weight excluding hydrogens is 196 g/mol. The molecule has 0 saturated heterocycles. The molecule has 0 aromatic carbocycles. The summed E-state index contributed by atoms with van der Waals surface area (Å²) in [6.45, 7) is 4.28. The molecule has 1 unspecified atom stereocenters. The van der Waals surface area contributed by atoms with Crippen molar-refractivity contribution in [1.82, 2.24) is 0 Å². The maximum Gasteiger partial charge on any atom is 0.181 e. The third-order valence-corrected chi connectivity index (χ3v) is 2.87. The first kappa shape index (κ1) is 13.0. The second kappa shape index (κ2) is 7.21. The lowest BCUT2D eigenvalue weighted by Crippen LogP contribution is -2.01. The van der Waals surface area contributed by atoms with Crippen LogP contribution in [0.5, 0.6) is 0 Å². The summed E-state index contributed by atoms with van der Waals surface area (Å²) in [5.74, 6) is 0.527. The van der Waals surface area contributed by atoms with Crippen LogP contribution in [0.2, 0.25) is 0 Å². The molecule has 0 N–H and O–H groups in total. The van der Waals surface area contributed by atoms with Crippen molar-refractivity contribution in [1.29, 1.82) is 0 Å². The number of unbranched alkanes of at least 4 members (excludes halogenated alkanes) is 2. The molecule has 1 atom stereocenters. The van der Waals surface area contributed by atoms with Crippen molar-refractivity contribution in [3.05, 3.63) is 36.0 Å². The molecule has 0 heterocycles. The zero-order chi connectivity index (χ0) is 11.8. The van der Waals surface area contributed by atoms with Crippen LogP contribution in [0.3, 0.4) is 0 Å². The smallest absolute Gasteiger partial charge is 0.181 e. The number of ketones is 1. The topological polar surface area (TPSA) is 17.1 Å². The van der Waals surface area contributed by atoms with Crippen LogP contribution in [0.1, 0.15) is 46.0 Å². The average Bonchev–Trinajstić information content (AvgIpc) is 2.62. The predicted molar refractivity (Wildman–Crippen MR) is 69.3 cm³/mol. The second-order valence-corrected chi connectivity index (χ2v) is 4.25. The minimum Gasteiger partial charge on any atom is -0.290 e. The molecule has 88 valence electrons. The molecule has 1 nitrogen and oxygen atoms in total. The summed E-state index contributed by atoms with van der Waals surface area (Å²) in [4.78, 5) is 11.5. The summed E-state index contributed by atoms with van der Waals surface area (Å²) in [5.41, 5.74) is 0.989. The fourth-order valence-corrected chi connectivity index (χ4v) is 1.95. The fourth-order valence-electron chi connectivity index (χ4n) is 1.95. The first-order chi connectivity index (χ1) is 7.79. The van der Waals surface area contributed by atoms with Crippen LogP contribution >= 0.6 is 0 Å². The van der Waals surface area contributed by atoms with Gasteiger partial charge in [0.25, 0.3) is 0 Å². The average molecular weight is 218 g/mol. The molecule has 0 spiro atoms. The zero-order valence-electron chi connectivity index (χ0n) is 10.4. The van der Waals surface area contributed by atoms with E-state index in [1.807, 2.05) is 6.08 Å². The first-order valence-electron chi connectivity index (χ1n) is 6.37. The Morgan fingerprint density at radius 3 is 2.81 bits per heavy atom. The van der Waals surface area contributed by atoms with Crippen molar-refractivity contribution >= 4 is 5.78 Å². The number of carbonyl (C=O) groups is 1. The summed E-state index contributed by atoms with van der Waals surface area (Å²) in [5, 5.41) is 0. The standard InChI is InChI=1S/C15H22O/c1-3-5-6-7-8-10-13-11-12-15(16)14(13)9-4-2/h7-9,11-13H,3-6,10H2,1-2H3/b8-7-,14-9+. The normalized spacial score (nSPS) is 22.8. The first-order valence-corrected chi connectivity index (χ1v) is 6.37. The summed E-state index contributed by atoms with van der Waals surface area (Å²) in [7, 11) is 0. The molecule has 1 aliphatic rings. The molecule has 0 fully saturated rings. The number of rotatable bonds is 6. The molecule has 16 heavy (non-hydrogen) atoms. The van der Waals surface area contributed by atoms with Crippen LogP contribution < -0.4 is 0 Å². The highest BCUT2D eigenvalue weighted by Crippen LogP contribution is 2.25. The van der Waals surface area contributed by atoms with Gasteiger partial charge in [0.2, 0.25) is 0 Å². The van der Waals surface area contributed by atoms with E-state index < -0.39 is 0 Å². The van der Waals surface area contributed by atoms with E-state index in [1.54, 1.807) is 6.08 Å². The highest BCUT2D eigenvalue weighted by Gasteiger charge is 2.20. The molecule has 0 radical (unpaired) electrons. The van der Waals surface area contributed by atoms with E-state index in [0.717, 1.165) is 24.8 Å². The lowest BCUT2D eigenvalue weighted by molar-refractivity contribution is -0.111. The Balaban J connectivity index is 2.42. The van der Waals surface area contributed by atoms with Gasteiger partial charge in [0.05, 0.1) is 0 Å². The zero-order valence-corrected chi connectivity index (χ0v) is 10.4. The molecule has 0 aliphatic heterocycles. The van der Waals surface area contributed by atoms with Crippen LogP contribution in [0.4, 0.5) is 0 Å². The van der Waals surface area contributed by atoms with Crippen LogP contribution in [0.15, 0.2) is 36.0 Å². The van der Waals surface area contributed by atoms with Crippen LogP contribution in [-0.4, -0.2) is 5.78 Å². The summed E-state index contributed by atoms with van der Waals surface area (Å²) in [6.07, 6.45) is 15.8. The van der Waals surface area contributed by atoms with Gasteiger partial charge in [-0.25, -0.2) is 0 Å². The minimum atomic E-state index is 0.203. The monoisotopic (exact) mass is 218 g/mol. The van der Waals surface area contributed by atoms with Gasteiger partial charge in [-0.1, -0.05) is 51.0 Å². The second-order valence-electron chi connectivity index (χ2n) is 4.25. The van der Waals surface area contributed by atoms with Crippen molar-refractivity contribution in [3.63, 3.8) is 0 Å². The van der Waals surface area contributed by atoms with Crippen molar-refractivity contribution < 1.29 is 4.79 Å². The van der Waals surface area contributed by atoms with E-state index >= 15 is 0 Å². The van der Waals surface area contributed by atoms with E-state index in [1.165, 1.54) is 12.8 Å². The highest BCUT2D eigenvalue weighted by molar-refractivity contribution is 6.07. The summed E-state index contributed by atoms with van der Waals surface area (Å²) >= 11 is 0. The van der Waals surface area contributed by atoms with Crippen molar-refractivity contribution in [2.24, 2.45) is 5.92 Å². The fraction of sp³-hybridized carbons (Fsp3) is 0.533. The molecule has 0 amide bonds. The van der Waals surface area contributed by atoms with E-state index in [0.29, 0.717) is 5.92 Å². The SMILES string of the molecule is CC/C=C1/C(=O)C=CC1C/C=C\CCCC. The van der Waals surface area contributed by atoms with Gasteiger partial charge < -0.3 is 0 Å². The van der Waals surface area contributed by atoms with E-state index in [9.17, 15) is 4.79 Å². The van der Waals surface area contributed by atoms with Crippen molar-refractivity contribution in [2.45, 2.75) is 46.0 Å². The van der Waals surface area contributed by atoms with Gasteiger partial charge >= 0.3 is 0 Å². The number of allylic oxidation sites excluding steroid dienone is 6. The molecular formula is C15H22O. The molecule has 1 aliphatic carbocycles. The Bertz CT molecular complexity index is 307. The van der Waals surface area contributed by atoms with Gasteiger partial charge in [0, 0.05) is 11.5 Å². The molecule has 0 aromatic heterocycles. The number of carbonyl (C=O) groups excluding carboxylic acids is 1. The minimum absolute atomic E-state index is 0.203. The van der Waals surface area contributed by atoms with Gasteiger partial charge in [0.15, 0.2) is 5.78 Å². The number of hydrogen-bond acceptors (Lipinski definition) is 1. The predicted octanol–water partition coefficient (Wildman–Crippen LogP) is 4.21. The Kier molecular flexibility index (Phi) is 5.84. The van der Waals surface area contributed by atoms with Crippen molar-refractivity contribution in [2.75, 3.05) is 0 Å². The maximum absolute atomic E-state index is 11.5. The lowest BCUT2D eigenvalue weighted by atomic mass is 9.97. The summed E-state index contributed by atoms with van der Waals surface area (Å²) < 4.78 is 0. The molecule has 1 heteroatoms. The third kappa shape index (κ3) is 3.80. The van der Waals surface area contributed by atoms with Crippen LogP contribution in [-0.2, 0) is 4.79 Å². The Hall–Kier alpha value is -1.11. The van der Waals surface area contributed by atoms with Gasteiger partial charge in [-0.2, -0.15) is 0 Å². The van der Waals surface area contributed by atoms with Crippen molar-refractivity contribution in [3.8, 4) is 0 Å². The molecule has 1 rings (SSSR count). The molecule has 0 bridgehead atoms. The van der Waals surface area contributed by atoms with Gasteiger partial charge in [-0.3, -0.25) is 4.79 Å². The Morgan fingerprint density at radius 2 is 2.12 bits per heavy atom. The Labute approximate surface area is 98.9 Å². The third-order valence-electron chi connectivity index (χ3n) is 2.87. The maximum atomic E-state index is 11.5. The van der Waals surface area contributed by atoms with Gasteiger partial charge in [-0.05, 0) is 25.3 Å². The number of hydrogen-bond donors (Lipinski definition) is 0. The highest BCUT2D eigenvalue weighted by atomic mass is 16.1. The van der Waals surface area contributed by atoms with Crippen LogP contribution in [0, 0.1) is 5.92 Å². The van der Waals surface area contributed by atoms with Gasteiger partial charge in [-0.15, -0.1) is 0 Å². The van der Waals surface area contributed by atoms with Crippen LogP contribution in [0.25, 0.3) is 0 Å². The molecule has 0 saturated carbocycles. The summed E-state index contributed by atoms with van der Waals surface area (Å²) in [6, 6.07) is 0. The lowest BCUT2D eigenvalue weighted by Gasteiger charge is -2.06. The molecule has 0 aromatic rings. The van der Waals surface area contributed by atoms with Gasteiger partial charge in [0.1, 0.15) is 0 Å². The quantitative estimate of drug-likeness (QED) is 0.371. The largest absolute Gasteiger partial charge is 0.290 e.